The Balaban J connectivity index is 1.60. The van der Waals surface area contributed by atoms with E-state index in [1.165, 1.54) is 11.0 Å². The van der Waals surface area contributed by atoms with Gasteiger partial charge in [0.05, 0.1) is 24.9 Å². The third kappa shape index (κ3) is 7.50. The minimum absolute atomic E-state index is 0.0968. The Hall–Kier alpha value is -3.04. The average molecular weight is 461 g/mol. The van der Waals surface area contributed by atoms with Gasteiger partial charge in [0.15, 0.2) is 0 Å². The van der Waals surface area contributed by atoms with E-state index in [9.17, 15) is 18.4 Å². The molecule has 0 spiro atoms. The van der Waals surface area contributed by atoms with Crippen molar-refractivity contribution < 1.29 is 23.1 Å². The van der Waals surface area contributed by atoms with Crippen LogP contribution in [0.4, 0.5) is 19.3 Å². The maximum absolute atomic E-state index is 14.1. The van der Waals surface area contributed by atoms with Gasteiger partial charge in [-0.3, -0.25) is 9.69 Å². The van der Waals surface area contributed by atoms with E-state index >= 15 is 0 Å². The van der Waals surface area contributed by atoms with Crippen LogP contribution in [0.25, 0.3) is 0 Å². The number of urea groups is 1. The third-order valence-electron chi connectivity index (χ3n) is 5.62. The number of ether oxygens (including phenoxy) is 1. The Labute approximate surface area is 192 Å². The highest BCUT2D eigenvalue weighted by molar-refractivity contribution is 5.90. The van der Waals surface area contributed by atoms with Crippen LogP contribution in [0.15, 0.2) is 48.5 Å². The minimum Gasteiger partial charge on any atom is -0.379 e. The van der Waals surface area contributed by atoms with Gasteiger partial charge in [-0.1, -0.05) is 30.3 Å². The Kier molecular flexibility index (Phi) is 9.14. The summed E-state index contributed by atoms with van der Waals surface area (Å²) in [7, 11) is 0. The van der Waals surface area contributed by atoms with Crippen LogP contribution >= 0.6 is 0 Å². The number of morpholine rings is 1. The van der Waals surface area contributed by atoms with Crippen LogP contribution in [0.5, 0.6) is 0 Å². The number of hydrogen-bond donors (Lipinski definition) is 2. The molecule has 2 aromatic rings. The smallest absolute Gasteiger partial charge is 0.322 e. The molecule has 7 nitrogen and oxygen atoms in total. The van der Waals surface area contributed by atoms with Crippen molar-refractivity contribution in [3.8, 4) is 0 Å². The molecule has 1 aliphatic heterocycles. The maximum Gasteiger partial charge on any atom is 0.322 e. The number of anilines is 1. The van der Waals surface area contributed by atoms with Gasteiger partial charge in [-0.05, 0) is 24.6 Å². The zero-order valence-corrected chi connectivity index (χ0v) is 18.7. The molecule has 178 valence electrons. The second kappa shape index (κ2) is 12.3. The van der Waals surface area contributed by atoms with Gasteiger partial charge in [0.25, 0.3) is 0 Å². The zero-order chi connectivity index (χ0) is 23.6. The lowest BCUT2D eigenvalue weighted by molar-refractivity contribution is -0.121. The van der Waals surface area contributed by atoms with Crippen LogP contribution in [0, 0.1) is 11.6 Å². The monoisotopic (exact) mass is 460 g/mol. The van der Waals surface area contributed by atoms with Gasteiger partial charge in [-0.2, -0.15) is 0 Å². The lowest BCUT2D eigenvalue weighted by Crippen LogP contribution is -2.42. The summed E-state index contributed by atoms with van der Waals surface area (Å²) in [6, 6.07) is 11.4. The first-order valence-electron chi connectivity index (χ1n) is 11.1. The Morgan fingerprint density at radius 1 is 1.12 bits per heavy atom. The molecule has 9 heteroatoms. The van der Waals surface area contributed by atoms with Crippen LogP contribution in [-0.2, 0) is 9.53 Å². The summed E-state index contributed by atoms with van der Waals surface area (Å²) in [5, 5.41) is 5.38. The number of carbonyl (C=O) groups is 2. The van der Waals surface area contributed by atoms with Gasteiger partial charge < -0.3 is 20.3 Å². The Bertz CT molecular complexity index is 923. The van der Waals surface area contributed by atoms with Gasteiger partial charge in [0.1, 0.15) is 11.6 Å². The van der Waals surface area contributed by atoms with E-state index in [0.717, 1.165) is 31.3 Å². The standard InChI is InChI=1S/C24H30F2N4O3/c1-18(19-5-3-2-4-6-19)30(24(32)28-22-8-7-20(25)17-21(22)26)11-9-23(31)27-10-12-29-13-15-33-16-14-29/h2-8,17-18H,9-16H2,1H3,(H,27,31)(H,28,32). The van der Waals surface area contributed by atoms with E-state index in [-0.39, 0.29) is 30.6 Å². The summed E-state index contributed by atoms with van der Waals surface area (Å²) >= 11 is 0. The molecule has 1 fully saturated rings. The number of rotatable bonds is 9. The van der Waals surface area contributed by atoms with E-state index in [1.54, 1.807) is 0 Å². The predicted octanol–water partition coefficient (Wildman–Crippen LogP) is 3.40. The Morgan fingerprint density at radius 3 is 2.55 bits per heavy atom. The highest BCUT2D eigenvalue weighted by atomic mass is 19.1. The molecule has 1 atom stereocenters. The highest BCUT2D eigenvalue weighted by Crippen LogP contribution is 2.23. The zero-order valence-electron chi connectivity index (χ0n) is 18.7. The molecule has 1 unspecified atom stereocenters. The van der Waals surface area contributed by atoms with Crippen LogP contribution in [0.2, 0.25) is 0 Å². The van der Waals surface area contributed by atoms with Crippen molar-refractivity contribution in [2.24, 2.45) is 0 Å². The molecule has 3 amide bonds. The molecular weight excluding hydrogens is 430 g/mol. The molecule has 1 aliphatic rings. The number of nitrogens with zero attached hydrogens (tertiary/aromatic N) is 2. The van der Waals surface area contributed by atoms with Crippen molar-refractivity contribution in [1.82, 2.24) is 15.1 Å². The predicted molar refractivity (Wildman–Crippen MR) is 122 cm³/mol. The lowest BCUT2D eigenvalue weighted by atomic mass is 10.1. The number of amides is 3. The number of carbonyl (C=O) groups excluding carboxylic acids is 2. The normalized spacial score (nSPS) is 15.0. The number of benzene rings is 2. The lowest BCUT2D eigenvalue weighted by Gasteiger charge is -2.30. The molecule has 0 saturated carbocycles. The van der Waals surface area contributed by atoms with E-state index in [0.29, 0.717) is 25.8 Å². The molecule has 3 rings (SSSR count). The van der Waals surface area contributed by atoms with E-state index in [1.807, 2.05) is 37.3 Å². The third-order valence-corrected chi connectivity index (χ3v) is 5.62. The van der Waals surface area contributed by atoms with Crippen molar-refractivity contribution in [1.29, 1.82) is 0 Å². The summed E-state index contributed by atoms with van der Waals surface area (Å²) < 4.78 is 32.6. The molecule has 0 aromatic heterocycles. The van der Waals surface area contributed by atoms with Crippen molar-refractivity contribution in [3.63, 3.8) is 0 Å². The van der Waals surface area contributed by atoms with E-state index in [2.05, 4.69) is 15.5 Å². The fourth-order valence-corrected chi connectivity index (χ4v) is 3.65. The fraction of sp³-hybridized carbons (Fsp3) is 0.417. The quantitative estimate of drug-likeness (QED) is 0.602. The molecule has 1 heterocycles. The van der Waals surface area contributed by atoms with E-state index < -0.39 is 17.7 Å². The first kappa shape index (κ1) is 24.6. The van der Waals surface area contributed by atoms with Crippen molar-refractivity contribution in [2.75, 3.05) is 51.3 Å². The van der Waals surface area contributed by atoms with Crippen LogP contribution in [-0.4, -0.2) is 67.7 Å². The summed E-state index contributed by atoms with van der Waals surface area (Å²) in [6.07, 6.45) is 0.0968. The number of halogens is 2. The molecule has 2 aromatic carbocycles. The molecule has 0 radical (unpaired) electrons. The van der Waals surface area contributed by atoms with Gasteiger partial charge in [-0.15, -0.1) is 0 Å². The number of hydrogen-bond acceptors (Lipinski definition) is 4. The first-order chi connectivity index (χ1) is 15.9. The largest absolute Gasteiger partial charge is 0.379 e. The SMILES string of the molecule is CC(c1ccccc1)N(CCC(=O)NCCN1CCOCC1)C(=O)Nc1ccc(F)cc1F. The Morgan fingerprint density at radius 2 is 1.85 bits per heavy atom. The average Bonchev–Trinajstić information content (AvgIpc) is 2.82. The first-order valence-corrected chi connectivity index (χ1v) is 11.1. The molecule has 1 saturated heterocycles. The topological polar surface area (TPSA) is 73.9 Å². The van der Waals surface area contributed by atoms with Gasteiger partial charge in [0.2, 0.25) is 5.91 Å². The van der Waals surface area contributed by atoms with Gasteiger partial charge in [-0.25, -0.2) is 13.6 Å². The van der Waals surface area contributed by atoms with Gasteiger partial charge >= 0.3 is 6.03 Å². The highest BCUT2D eigenvalue weighted by Gasteiger charge is 2.23. The van der Waals surface area contributed by atoms with Crippen molar-refractivity contribution in [2.45, 2.75) is 19.4 Å². The van der Waals surface area contributed by atoms with Crippen LogP contribution in [0.1, 0.15) is 24.9 Å². The second-order valence-corrected chi connectivity index (χ2v) is 7.89. The fourth-order valence-electron chi connectivity index (χ4n) is 3.65. The van der Waals surface area contributed by atoms with Crippen molar-refractivity contribution >= 4 is 17.6 Å². The summed E-state index contributed by atoms with van der Waals surface area (Å²) in [4.78, 5) is 29.1. The minimum atomic E-state index is -0.864. The second-order valence-electron chi connectivity index (χ2n) is 7.89. The molecule has 0 bridgehead atoms. The van der Waals surface area contributed by atoms with Crippen LogP contribution < -0.4 is 10.6 Å². The van der Waals surface area contributed by atoms with Crippen LogP contribution in [0.3, 0.4) is 0 Å². The number of nitrogens with one attached hydrogen (secondary N) is 2. The summed E-state index contributed by atoms with van der Waals surface area (Å²) in [5.41, 5.74) is 0.751. The molecular formula is C24H30F2N4O3. The van der Waals surface area contributed by atoms with E-state index in [4.69, 9.17) is 4.74 Å². The van der Waals surface area contributed by atoms with Gasteiger partial charge in [0, 0.05) is 45.2 Å². The molecule has 33 heavy (non-hydrogen) atoms. The molecule has 0 aliphatic carbocycles. The summed E-state index contributed by atoms with van der Waals surface area (Å²) in [5.74, 6) is -1.76. The van der Waals surface area contributed by atoms with Crippen molar-refractivity contribution in [3.05, 3.63) is 65.7 Å². The molecule has 2 N–H and O–H groups in total. The summed E-state index contributed by atoms with van der Waals surface area (Å²) in [6.45, 7) is 6.31. The maximum atomic E-state index is 14.1.